The zero-order chi connectivity index (χ0) is 26.4. The highest BCUT2D eigenvalue weighted by Crippen LogP contribution is 2.30. The zero-order valence-corrected chi connectivity index (χ0v) is 23.2. The van der Waals surface area contributed by atoms with E-state index in [9.17, 15) is 0 Å². The number of H-pyrrole nitrogens is 1. The number of halogens is 1. The van der Waals surface area contributed by atoms with Crippen LogP contribution in [0.2, 0.25) is 0 Å². The normalized spacial score (nSPS) is 10.4. The maximum atomic E-state index is 4.48. The zero-order valence-electron chi connectivity index (χ0n) is 21.1. The van der Waals surface area contributed by atoms with Crippen molar-refractivity contribution in [3.8, 4) is 5.82 Å². The van der Waals surface area contributed by atoms with Crippen LogP contribution in [0.25, 0.3) is 49.4 Å². The molecule has 0 atom stereocenters. The lowest BCUT2D eigenvalue weighted by atomic mass is 10.2. The van der Waals surface area contributed by atoms with Gasteiger partial charge < -0.3 is 4.98 Å². The van der Waals surface area contributed by atoms with E-state index >= 15 is 0 Å². The van der Waals surface area contributed by atoms with Crippen LogP contribution < -0.4 is 0 Å². The van der Waals surface area contributed by atoms with Crippen LogP contribution in [-0.2, 0) is 0 Å². The number of hydrogen-bond donors (Lipinski definition) is 1. The Balaban J connectivity index is 0.000000133. The van der Waals surface area contributed by atoms with Gasteiger partial charge in [-0.25, -0.2) is 4.98 Å². The second-order valence-electron chi connectivity index (χ2n) is 8.93. The number of para-hydroxylation sites is 4. The summed E-state index contributed by atoms with van der Waals surface area (Å²) in [6.07, 6.45) is 3.61. The molecule has 5 heteroatoms. The fraction of sp³-hybridized carbons (Fsp3) is 0.0286. The number of fused-ring (bicyclic) bond motifs is 6. The molecular formula is C35H29IN4. The summed E-state index contributed by atoms with van der Waals surface area (Å²) in [5.74, 6) is 0.958. The van der Waals surface area contributed by atoms with Gasteiger partial charge in [0, 0.05) is 45.0 Å². The summed E-state index contributed by atoms with van der Waals surface area (Å²) in [5.41, 5.74) is 4.82. The first-order valence-electron chi connectivity index (χ1n) is 12.7. The summed E-state index contributed by atoms with van der Waals surface area (Å²) in [7, 11) is 0. The molecule has 0 saturated carbocycles. The van der Waals surface area contributed by atoms with Crippen molar-refractivity contribution in [3.05, 3.63) is 150 Å². The van der Waals surface area contributed by atoms with Gasteiger partial charge in [-0.1, -0.05) is 92.4 Å². The van der Waals surface area contributed by atoms with Crippen molar-refractivity contribution in [1.82, 2.24) is 19.5 Å². The molecule has 0 unspecified atom stereocenters. The van der Waals surface area contributed by atoms with E-state index in [0.29, 0.717) is 0 Å². The largest absolute Gasteiger partial charge is 0.355 e. The third kappa shape index (κ3) is 5.60. The number of hydrogen-bond acceptors (Lipinski definition) is 2. The molecule has 4 aromatic carbocycles. The summed E-state index contributed by atoms with van der Waals surface area (Å²) in [4.78, 5) is 11.8. The van der Waals surface area contributed by atoms with Crippen LogP contribution in [-0.4, -0.2) is 19.5 Å². The smallest absolute Gasteiger partial charge is 0.137 e. The van der Waals surface area contributed by atoms with Gasteiger partial charge in [-0.05, 0) is 71.1 Å². The maximum Gasteiger partial charge on any atom is 0.137 e. The van der Waals surface area contributed by atoms with Crippen molar-refractivity contribution in [3.63, 3.8) is 0 Å². The number of aromatic nitrogens is 4. The fourth-order valence-electron chi connectivity index (χ4n) is 4.80. The first-order chi connectivity index (χ1) is 19.3. The maximum absolute atomic E-state index is 4.48. The Kier molecular flexibility index (Phi) is 8.52. The van der Waals surface area contributed by atoms with E-state index in [-0.39, 0.29) is 7.43 Å². The van der Waals surface area contributed by atoms with Crippen molar-refractivity contribution in [1.29, 1.82) is 0 Å². The first kappa shape index (κ1) is 27.1. The standard InChI is InChI=1S/C17H12N2.C12H9N.C5H4IN.CH4/c1-3-9-15-13(7-1)14-8-2-4-10-16(14)19(15)17-11-5-6-12-18-17;1-3-7-11-9(5-1)10-6-2-4-8-12(10)13-11;6-5-3-1-2-4-7-5;/h1-12H;1-8,13H;1-4H;1H4. The van der Waals surface area contributed by atoms with Gasteiger partial charge in [0.25, 0.3) is 0 Å². The predicted octanol–water partition coefficient (Wildman–Crippen LogP) is 9.82. The summed E-state index contributed by atoms with van der Waals surface area (Å²) >= 11 is 2.17. The van der Waals surface area contributed by atoms with E-state index in [4.69, 9.17) is 0 Å². The van der Waals surface area contributed by atoms with Crippen LogP contribution >= 0.6 is 22.6 Å². The predicted molar refractivity (Wildman–Crippen MR) is 178 cm³/mol. The minimum atomic E-state index is 0. The molecule has 0 aliphatic rings. The van der Waals surface area contributed by atoms with E-state index in [2.05, 4.69) is 139 Å². The van der Waals surface area contributed by atoms with Gasteiger partial charge in [0.15, 0.2) is 0 Å². The fourth-order valence-corrected chi connectivity index (χ4v) is 5.16. The molecule has 0 bridgehead atoms. The Morgan fingerprint density at radius 3 is 1.38 bits per heavy atom. The number of aromatic amines is 1. The Labute approximate surface area is 247 Å². The van der Waals surface area contributed by atoms with Crippen molar-refractivity contribution < 1.29 is 0 Å². The van der Waals surface area contributed by atoms with Crippen molar-refractivity contribution in [2.75, 3.05) is 0 Å². The SMILES string of the molecule is C.Ic1ccccn1.c1ccc(-n2c3ccccc3c3ccccc32)nc1.c1ccc2c(c1)[nH]c1ccccc12. The van der Waals surface area contributed by atoms with Crippen LogP contribution in [0.1, 0.15) is 7.43 Å². The van der Waals surface area contributed by atoms with Gasteiger partial charge in [0.2, 0.25) is 0 Å². The average Bonchev–Trinajstić information content (AvgIpc) is 3.55. The highest BCUT2D eigenvalue weighted by atomic mass is 127. The van der Waals surface area contributed by atoms with Crippen LogP contribution in [0.5, 0.6) is 0 Å². The van der Waals surface area contributed by atoms with Crippen LogP contribution in [0, 0.1) is 3.70 Å². The Bertz CT molecular complexity index is 1870. The number of nitrogens with one attached hydrogen (secondary N) is 1. The monoisotopic (exact) mass is 632 g/mol. The molecule has 196 valence electrons. The van der Waals surface area contributed by atoms with Crippen LogP contribution in [0.15, 0.2) is 146 Å². The van der Waals surface area contributed by atoms with Gasteiger partial charge in [-0.3, -0.25) is 9.55 Å². The lowest BCUT2D eigenvalue weighted by Crippen LogP contribution is -1.95. The molecular weight excluding hydrogens is 603 g/mol. The summed E-state index contributed by atoms with van der Waals surface area (Å²) in [6, 6.07) is 45.5. The molecule has 0 spiro atoms. The third-order valence-electron chi connectivity index (χ3n) is 6.50. The Morgan fingerprint density at radius 1 is 0.475 bits per heavy atom. The lowest BCUT2D eigenvalue weighted by molar-refractivity contribution is 1.08. The molecule has 4 aromatic heterocycles. The van der Waals surface area contributed by atoms with E-state index in [1.165, 1.54) is 43.6 Å². The molecule has 1 N–H and O–H groups in total. The van der Waals surface area contributed by atoms with Gasteiger partial charge in [0.05, 0.1) is 11.0 Å². The topological polar surface area (TPSA) is 46.5 Å². The number of nitrogens with zero attached hydrogens (tertiary/aromatic N) is 3. The third-order valence-corrected chi connectivity index (χ3v) is 7.14. The first-order valence-corrected chi connectivity index (χ1v) is 13.8. The number of pyridine rings is 2. The molecule has 4 nitrogen and oxygen atoms in total. The summed E-state index contributed by atoms with van der Waals surface area (Å²) in [6.45, 7) is 0. The Morgan fingerprint density at radius 2 is 0.925 bits per heavy atom. The number of benzene rings is 4. The lowest BCUT2D eigenvalue weighted by Gasteiger charge is -2.05. The molecule has 0 aliphatic carbocycles. The Hall–Kier alpha value is -4.49. The summed E-state index contributed by atoms with van der Waals surface area (Å²) < 4.78 is 3.25. The van der Waals surface area contributed by atoms with Crippen molar-refractivity contribution in [2.45, 2.75) is 7.43 Å². The van der Waals surface area contributed by atoms with Gasteiger partial charge in [-0.2, -0.15) is 0 Å². The summed E-state index contributed by atoms with van der Waals surface area (Å²) in [5, 5.41) is 5.14. The quantitative estimate of drug-likeness (QED) is 0.145. The minimum absolute atomic E-state index is 0. The van der Waals surface area contributed by atoms with E-state index in [1.807, 2.05) is 42.6 Å². The molecule has 0 aliphatic heterocycles. The molecule has 40 heavy (non-hydrogen) atoms. The second kappa shape index (κ2) is 12.6. The molecule has 0 radical (unpaired) electrons. The minimum Gasteiger partial charge on any atom is -0.355 e. The molecule has 8 rings (SSSR count). The molecule has 4 heterocycles. The highest BCUT2D eigenvalue weighted by molar-refractivity contribution is 14.1. The van der Waals surface area contributed by atoms with Gasteiger partial charge in [0.1, 0.15) is 9.52 Å². The second-order valence-corrected chi connectivity index (χ2v) is 10.0. The van der Waals surface area contributed by atoms with Crippen molar-refractivity contribution >= 4 is 66.2 Å². The average molecular weight is 633 g/mol. The molecule has 0 fully saturated rings. The molecule has 0 amide bonds. The van der Waals surface area contributed by atoms with E-state index in [1.54, 1.807) is 6.20 Å². The van der Waals surface area contributed by atoms with Gasteiger partial charge in [-0.15, -0.1) is 0 Å². The van der Waals surface area contributed by atoms with Crippen LogP contribution in [0.4, 0.5) is 0 Å². The van der Waals surface area contributed by atoms with Gasteiger partial charge >= 0.3 is 0 Å². The van der Waals surface area contributed by atoms with Crippen molar-refractivity contribution in [2.24, 2.45) is 0 Å². The molecule has 0 saturated heterocycles. The van der Waals surface area contributed by atoms with E-state index in [0.717, 1.165) is 9.52 Å². The molecule has 8 aromatic rings. The number of rotatable bonds is 1. The van der Waals surface area contributed by atoms with E-state index < -0.39 is 0 Å². The highest BCUT2D eigenvalue weighted by Gasteiger charge is 2.11. The van der Waals surface area contributed by atoms with Crippen LogP contribution in [0.3, 0.4) is 0 Å².